The number of anilines is 2. The van der Waals surface area contributed by atoms with Crippen molar-refractivity contribution in [3.63, 3.8) is 0 Å². The molecule has 356 valence electrons. The van der Waals surface area contributed by atoms with E-state index in [1.165, 1.54) is 21.8 Å². The van der Waals surface area contributed by atoms with Crippen LogP contribution in [0.5, 0.6) is 0 Å². The summed E-state index contributed by atoms with van der Waals surface area (Å²) in [5.74, 6) is -5.06. The van der Waals surface area contributed by atoms with E-state index in [1.807, 2.05) is 13.8 Å². The van der Waals surface area contributed by atoms with Crippen LogP contribution in [0.3, 0.4) is 0 Å². The third-order valence-corrected chi connectivity index (χ3v) is 11.9. The van der Waals surface area contributed by atoms with Gasteiger partial charge in [-0.1, -0.05) is 6.92 Å². The van der Waals surface area contributed by atoms with Crippen molar-refractivity contribution in [2.45, 2.75) is 101 Å². The molecule has 0 unspecified atom stereocenters. The van der Waals surface area contributed by atoms with E-state index in [4.69, 9.17) is 42.1 Å². The van der Waals surface area contributed by atoms with E-state index in [2.05, 4.69) is 45.9 Å². The van der Waals surface area contributed by atoms with Gasteiger partial charge in [0.2, 0.25) is 22.3 Å². The summed E-state index contributed by atoms with van der Waals surface area (Å²) in [6, 6.07) is 0. The lowest BCUT2D eigenvalue weighted by Gasteiger charge is -2.21. The van der Waals surface area contributed by atoms with Gasteiger partial charge in [-0.25, -0.2) is 9.97 Å². The summed E-state index contributed by atoms with van der Waals surface area (Å²) in [5.41, 5.74) is 1.20. The molecule has 64 heavy (non-hydrogen) atoms. The fourth-order valence-electron chi connectivity index (χ4n) is 6.63. The lowest BCUT2D eigenvalue weighted by molar-refractivity contribution is -0.133. The number of amides is 1. The van der Waals surface area contributed by atoms with Gasteiger partial charge in [0.1, 0.15) is 36.6 Å². The zero-order chi connectivity index (χ0) is 47.3. The Labute approximate surface area is 373 Å². The van der Waals surface area contributed by atoms with Crippen LogP contribution in [0.25, 0.3) is 22.3 Å². The molecular weight excluding hydrogens is 939 g/mol. The van der Waals surface area contributed by atoms with Crippen LogP contribution in [-0.4, -0.2) is 172 Å². The highest BCUT2D eigenvalue weighted by atomic mass is 35.5. The number of halogens is 2. The van der Waals surface area contributed by atoms with Crippen LogP contribution in [0.2, 0.25) is 10.6 Å². The number of aliphatic hydroxyl groups is 4. The maximum Gasteiger partial charge on any atom is 0.363 e. The van der Waals surface area contributed by atoms with Gasteiger partial charge in [0.25, 0.3) is 5.91 Å². The maximum atomic E-state index is 12.0. The number of hydrogen-bond acceptors (Lipinski definition) is 20. The van der Waals surface area contributed by atoms with Crippen molar-refractivity contribution in [3.8, 4) is 0 Å². The SMILES string of the molecule is CCCC(=O)[C@@H](OC[C@H]1O[C@@H](n2cnc3c(NCC)nc(Cl)nc32)[C@H](O)[C@@H]1O)P(=O)(O)O.CCNC(=O)[C@H](OC[C@H]1O[C@@H](n2cnc3c(NCC)nc(Cl)nc32)[C@H](O)[C@@H]1O)P(=O)(O)O. The van der Waals surface area contributed by atoms with Crippen LogP contribution < -0.4 is 16.0 Å². The van der Waals surface area contributed by atoms with Gasteiger partial charge in [-0.2, -0.15) is 19.9 Å². The van der Waals surface area contributed by atoms with E-state index in [0.717, 1.165) is 0 Å². The second-order valence-electron chi connectivity index (χ2n) is 14.1. The number of hydrogen-bond donors (Lipinski definition) is 11. The fraction of sp³-hybridized carbons (Fsp3) is 0.636. The number of aliphatic hydroxyl groups excluding tert-OH is 4. The Balaban J connectivity index is 0.000000241. The van der Waals surface area contributed by atoms with Crippen LogP contribution in [0, 0.1) is 0 Å². The average Bonchev–Trinajstić information content (AvgIpc) is 3.96. The smallest absolute Gasteiger partial charge is 0.363 e. The molecule has 10 atom stereocenters. The summed E-state index contributed by atoms with van der Waals surface area (Å²) >= 11 is 12.0. The van der Waals surface area contributed by atoms with Crippen molar-refractivity contribution in [3.05, 3.63) is 23.2 Å². The minimum atomic E-state index is -4.95. The fourth-order valence-corrected chi connectivity index (χ4v) is 8.42. The first kappa shape index (κ1) is 51.4. The molecule has 0 spiro atoms. The lowest BCUT2D eigenvalue weighted by Crippen LogP contribution is -2.40. The molecule has 6 heterocycles. The number of nitrogens with one attached hydrogen (secondary N) is 3. The molecule has 0 aromatic carbocycles. The zero-order valence-corrected chi connectivity index (χ0v) is 37.8. The number of carbonyl (C=O) groups is 2. The third kappa shape index (κ3) is 11.7. The average molecular weight is 989 g/mol. The van der Waals surface area contributed by atoms with Gasteiger partial charge in [-0.05, 0) is 50.4 Å². The predicted octanol–water partition coefficient (Wildman–Crippen LogP) is -0.392. The van der Waals surface area contributed by atoms with Gasteiger partial charge in [0.05, 0.1) is 25.9 Å². The highest BCUT2D eigenvalue weighted by Gasteiger charge is 2.48. The highest BCUT2D eigenvalue weighted by molar-refractivity contribution is 7.53. The van der Waals surface area contributed by atoms with Crippen molar-refractivity contribution >= 4 is 84.0 Å². The molecule has 2 saturated heterocycles. The molecule has 1 amide bonds. The number of carbonyl (C=O) groups excluding carboxylic acids is 2. The van der Waals surface area contributed by atoms with Gasteiger partial charge in [-0.3, -0.25) is 27.9 Å². The molecule has 4 aromatic heterocycles. The second kappa shape index (κ2) is 21.8. The lowest BCUT2D eigenvalue weighted by atomic mass is 10.1. The van der Waals surface area contributed by atoms with Crippen molar-refractivity contribution in [1.82, 2.24) is 44.4 Å². The maximum absolute atomic E-state index is 12.0. The summed E-state index contributed by atoms with van der Waals surface area (Å²) in [5, 5.41) is 50.0. The Morgan fingerprint density at radius 1 is 0.703 bits per heavy atom. The monoisotopic (exact) mass is 987 g/mol. The predicted molar refractivity (Wildman–Crippen MR) is 223 cm³/mol. The number of nitrogens with zero attached hydrogens (tertiary/aromatic N) is 8. The number of imidazole rings is 2. The van der Waals surface area contributed by atoms with Crippen LogP contribution in [-0.2, 0) is 37.7 Å². The van der Waals surface area contributed by atoms with Gasteiger partial charge in [0.15, 0.2) is 52.2 Å². The first-order valence-corrected chi connectivity index (χ1v) is 23.7. The molecule has 0 aliphatic carbocycles. The summed E-state index contributed by atoms with van der Waals surface area (Å²) in [4.78, 5) is 86.5. The van der Waals surface area contributed by atoms with Crippen molar-refractivity contribution in [1.29, 1.82) is 0 Å². The molecule has 2 fully saturated rings. The largest absolute Gasteiger partial charge is 0.387 e. The van der Waals surface area contributed by atoms with Gasteiger partial charge in [-0.15, -0.1) is 0 Å². The molecule has 0 saturated carbocycles. The van der Waals surface area contributed by atoms with Crippen LogP contribution in [0.4, 0.5) is 11.6 Å². The molecule has 2 aliphatic rings. The molecule has 2 aliphatic heterocycles. The van der Waals surface area contributed by atoms with E-state index in [1.54, 1.807) is 13.8 Å². The van der Waals surface area contributed by atoms with E-state index >= 15 is 0 Å². The zero-order valence-electron chi connectivity index (χ0n) is 34.4. The number of ether oxygens (including phenoxy) is 4. The number of Topliss-reactive ketones (excluding diaryl/α,β-unsaturated/α-hetero) is 1. The number of fused-ring (bicyclic) bond motifs is 2. The second-order valence-corrected chi connectivity index (χ2v) is 18.1. The highest BCUT2D eigenvalue weighted by Crippen LogP contribution is 2.44. The summed E-state index contributed by atoms with van der Waals surface area (Å²) in [6.45, 7) is 7.09. The Bertz CT molecular complexity index is 2190. The standard InChI is InChI=1S/C17H25ClN5O8P.C16H24ClN6O8P/c1-3-5-8(24)16(32(27,28)29)30-6-9-11(25)12(26)15(31-9)23-7-20-10-13(19-4-2)21-17(18)22-14(10)23;1-3-18-11-8-12(22-16(17)21-11)23(6-20-8)14-10(25)9(24)7(31-14)5-30-15(32(27,28)29)13(26)19-4-2/h7,9,11-12,15-16,25-26H,3-6H2,1-2H3,(H,19,21,22)(H2,27,28,29);6-7,9-10,14-15,24-25H,3-5H2,1-2H3,(H,19,26)(H,18,21,22)(H2,27,28,29)/t9-,11-,12-,15-,16+;7-,9-,10-,14-,15-/m11/s1. The molecule has 31 heteroatoms. The number of likely N-dealkylation sites (N-methyl/N-ethyl adjacent to an activating group) is 1. The van der Waals surface area contributed by atoms with Crippen LogP contribution in [0.1, 0.15) is 53.0 Å². The van der Waals surface area contributed by atoms with Crippen molar-refractivity contribution in [2.75, 3.05) is 43.5 Å². The topological polar surface area (TPSA) is 390 Å². The third-order valence-electron chi connectivity index (χ3n) is 9.49. The Morgan fingerprint density at radius 2 is 1.12 bits per heavy atom. The Morgan fingerprint density at radius 3 is 1.50 bits per heavy atom. The number of rotatable bonds is 19. The van der Waals surface area contributed by atoms with E-state index in [9.17, 15) is 58.7 Å². The number of aromatic nitrogens is 8. The molecule has 0 bridgehead atoms. The van der Waals surface area contributed by atoms with E-state index in [0.29, 0.717) is 42.2 Å². The first-order valence-electron chi connectivity index (χ1n) is 19.6. The molecular formula is C33H49Cl2N11O16P2. The molecule has 4 aromatic rings. The normalized spacial score (nSPS) is 24.7. The van der Waals surface area contributed by atoms with E-state index in [-0.39, 0.29) is 34.8 Å². The van der Waals surface area contributed by atoms with Crippen molar-refractivity contribution in [2.24, 2.45) is 0 Å². The molecule has 27 nitrogen and oxygen atoms in total. The van der Waals surface area contributed by atoms with Gasteiger partial charge in [0, 0.05) is 26.1 Å². The first-order chi connectivity index (χ1) is 30.2. The van der Waals surface area contributed by atoms with Crippen LogP contribution in [0.15, 0.2) is 12.7 Å². The summed E-state index contributed by atoms with van der Waals surface area (Å²) in [7, 11) is -9.85. The quantitative estimate of drug-likeness (QED) is 0.0421. The summed E-state index contributed by atoms with van der Waals surface area (Å²) < 4.78 is 47.6. The minimum absolute atomic E-state index is 0.0676. The Hall–Kier alpha value is -3.60. The van der Waals surface area contributed by atoms with Gasteiger partial charge < -0.3 is 74.9 Å². The minimum Gasteiger partial charge on any atom is -0.387 e. The Kier molecular flexibility index (Phi) is 17.5. The van der Waals surface area contributed by atoms with Crippen molar-refractivity contribution < 1.29 is 77.7 Å². The van der Waals surface area contributed by atoms with Crippen LogP contribution >= 0.6 is 38.4 Å². The summed E-state index contributed by atoms with van der Waals surface area (Å²) in [6.07, 6.45) is -7.60. The van der Waals surface area contributed by atoms with Gasteiger partial charge >= 0.3 is 15.2 Å². The molecule has 11 N–H and O–H groups in total. The molecule has 0 radical (unpaired) electrons. The molecule has 6 rings (SSSR count). The van der Waals surface area contributed by atoms with E-state index < -0.39 is 101 Å². The number of ketones is 1.